The van der Waals surface area contributed by atoms with Gasteiger partial charge in [0.1, 0.15) is 0 Å². The van der Waals surface area contributed by atoms with Crippen molar-refractivity contribution in [1.82, 2.24) is 0 Å². The van der Waals surface area contributed by atoms with Crippen molar-refractivity contribution in [2.75, 3.05) is 5.32 Å². The van der Waals surface area contributed by atoms with Gasteiger partial charge in [0.2, 0.25) is 0 Å². The summed E-state index contributed by atoms with van der Waals surface area (Å²) in [7, 11) is 0. The van der Waals surface area contributed by atoms with Crippen LogP contribution in [0.2, 0.25) is 0 Å². The minimum absolute atomic E-state index is 0.0409. The Hall–Kier alpha value is -2.47. The third-order valence-electron chi connectivity index (χ3n) is 5.94. The quantitative estimate of drug-likeness (QED) is 0.209. The van der Waals surface area contributed by atoms with Crippen molar-refractivity contribution >= 4 is 45.5 Å². The van der Waals surface area contributed by atoms with Crippen LogP contribution in [0.4, 0.5) is 5.69 Å². The number of nitrogens with one attached hydrogen (secondary N) is 1. The SMILES string of the molecule is C/C(=C/C(=O)c1cc(-c2cc(C)sc2C)c(-c2cc(C)sc2C)s1)Nc1c(C)cc(C)cc1C. The van der Waals surface area contributed by atoms with Crippen molar-refractivity contribution in [3.8, 4) is 21.6 Å². The fourth-order valence-corrected chi connectivity index (χ4v) is 7.64. The van der Waals surface area contributed by atoms with E-state index in [2.05, 4.69) is 84.1 Å². The highest BCUT2D eigenvalue weighted by Gasteiger charge is 2.21. The molecule has 0 aliphatic rings. The van der Waals surface area contributed by atoms with Crippen LogP contribution in [0, 0.1) is 48.5 Å². The molecular formula is C29H31NOS3. The first-order valence-corrected chi connectivity index (χ1v) is 13.8. The first-order valence-electron chi connectivity index (χ1n) is 11.4. The number of hydrogen-bond acceptors (Lipinski definition) is 5. The van der Waals surface area contributed by atoms with Crippen LogP contribution in [-0.4, -0.2) is 5.78 Å². The molecule has 0 aliphatic heterocycles. The van der Waals surface area contributed by atoms with Crippen LogP contribution in [0.25, 0.3) is 21.6 Å². The van der Waals surface area contributed by atoms with Gasteiger partial charge in [-0.2, -0.15) is 0 Å². The number of thiophene rings is 3. The van der Waals surface area contributed by atoms with Gasteiger partial charge >= 0.3 is 0 Å². The fraction of sp³-hybridized carbons (Fsp3) is 0.276. The predicted octanol–water partition coefficient (Wildman–Crippen LogP) is 9.56. The molecule has 0 spiro atoms. The number of anilines is 1. The Labute approximate surface area is 215 Å². The van der Waals surface area contributed by atoms with E-state index in [9.17, 15) is 4.79 Å². The van der Waals surface area contributed by atoms with Gasteiger partial charge < -0.3 is 5.32 Å². The van der Waals surface area contributed by atoms with Crippen LogP contribution in [-0.2, 0) is 0 Å². The Morgan fingerprint density at radius 2 is 1.29 bits per heavy atom. The highest BCUT2D eigenvalue weighted by atomic mass is 32.1. The van der Waals surface area contributed by atoms with Gasteiger partial charge in [-0.3, -0.25) is 4.79 Å². The highest BCUT2D eigenvalue weighted by Crippen LogP contribution is 2.45. The van der Waals surface area contributed by atoms with E-state index in [4.69, 9.17) is 0 Å². The number of rotatable bonds is 6. The summed E-state index contributed by atoms with van der Waals surface area (Å²) in [5.41, 5.74) is 9.19. The van der Waals surface area contributed by atoms with Crippen molar-refractivity contribution in [1.29, 1.82) is 0 Å². The summed E-state index contributed by atoms with van der Waals surface area (Å²) in [5.74, 6) is 0.0409. The highest BCUT2D eigenvalue weighted by molar-refractivity contribution is 7.19. The molecule has 1 N–H and O–H groups in total. The van der Waals surface area contributed by atoms with Gasteiger partial charge in [-0.25, -0.2) is 0 Å². The summed E-state index contributed by atoms with van der Waals surface area (Å²) in [6, 6.07) is 10.9. The van der Waals surface area contributed by atoms with Crippen molar-refractivity contribution in [3.63, 3.8) is 0 Å². The summed E-state index contributed by atoms with van der Waals surface area (Å²) in [5, 5.41) is 3.46. The molecule has 0 saturated carbocycles. The zero-order valence-corrected chi connectivity index (χ0v) is 23.5. The van der Waals surface area contributed by atoms with Gasteiger partial charge in [-0.1, -0.05) is 17.7 Å². The number of ketones is 1. The molecule has 0 fully saturated rings. The molecule has 5 heteroatoms. The molecular weight excluding hydrogens is 475 g/mol. The topological polar surface area (TPSA) is 29.1 Å². The second kappa shape index (κ2) is 9.65. The lowest BCUT2D eigenvalue weighted by Gasteiger charge is -2.14. The summed E-state index contributed by atoms with van der Waals surface area (Å²) in [6.45, 7) is 16.9. The Morgan fingerprint density at radius 3 is 1.82 bits per heavy atom. The average Bonchev–Trinajstić information content (AvgIpc) is 3.40. The van der Waals surface area contributed by atoms with E-state index in [0.29, 0.717) is 0 Å². The van der Waals surface area contributed by atoms with E-state index in [1.165, 1.54) is 57.8 Å². The summed E-state index contributed by atoms with van der Waals surface area (Å²) in [6.07, 6.45) is 1.73. The van der Waals surface area contributed by atoms with Crippen LogP contribution in [0.5, 0.6) is 0 Å². The number of aryl methyl sites for hydroxylation is 7. The van der Waals surface area contributed by atoms with Gasteiger partial charge in [0.15, 0.2) is 5.78 Å². The standard InChI is InChI=1S/C29H31NOS3/c1-15-9-16(2)28(17(3)10-15)30-18(4)11-26(31)27-14-25(23-12-19(5)32-21(23)7)29(34-27)24-13-20(6)33-22(24)8/h9-14,30H,1-8H3/b18-11-. The van der Waals surface area contributed by atoms with Gasteiger partial charge in [-0.05, 0) is 90.3 Å². The van der Waals surface area contributed by atoms with E-state index in [0.717, 1.165) is 16.3 Å². The minimum Gasteiger partial charge on any atom is -0.359 e. The molecule has 4 aromatic rings. The van der Waals surface area contributed by atoms with Crippen LogP contribution >= 0.6 is 34.0 Å². The number of carbonyl (C=O) groups is 1. The number of allylic oxidation sites excluding steroid dienone is 2. The molecule has 0 radical (unpaired) electrons. The van der Waals surface area contributed by atoms with E-state index in [-0.39, 0.29) is 5.78 Å². The van der Waals surface area contributed by atoms with E-state index >= 15 is 0 Å². The molecule has 0 bridgehead atoms. The van der Waals surface area contributed by atoms with Crippen molar-refractivity contribution in [2.24, 2.45) is 0 Å². The van der Waals surface area contributed by atoms with Gasteiger partial charge in [0.05, 0.1) is 4.88 Å². The monoisotopic (exact) mass is 505 g/mol. The number of hydrogen-bond donors (Lipinski definition) is 1. The second-order valence-corrected chi connectivity index (χ2v) is 13.1. The molecule has 3 aromatic heterocycles. The Balaban J connectivity index is 1.73. The van der Waals surface area contributed by atoms with Crippen LogP contribution in [0.1, 0.15) is 52.8 Å². The smallest absolute Gasteiger partial charge is 0.197 e. The molecule has 0 saturated heterocycles. The molecule has 4 rings (SSSR count). The zero-order chi connectivity index (χ0) is 24.7. The molecule has 34 heavy (non-hydrogen) atoms. The molecule has 0 atom stereocenters. The molecule has 0 aliphatic carbocycles. The molecule has 0 unspecified atom stereocenters. The third kappa shape index (κ3) is 4.97. The number of benzene rings is 1. The average molecular weight is 506 g/mol. The van der Waals surface area contributed by atoms with Gasteiger partial charge in [0, 0.05) is 53.0 Å². The molecule has 0 amide bonds. The second-order valence-electron chi connectivity index (χ2n) is 9.10. The summed E-state index contributed by atoms with van der Waals surface area (Å²) in [4.78, 5) is 20.5. The van der Waals surface area contributed by atoms with E-state index in [1.807, 2.05) is 29.6 Å². The lowest BCUT2D eigenvalue weighted by Crippen LogP contribution is -2.03. The maximum Gasteiger partial charge on any atom is 0.197 e. The number of carbonyl (C=O) groups excluding carboxylic acids is 1. The maximum atomic E-state index is 13.4. The van der Waals surface area contributed by atoms with Crippen molar-refractivity contribution in [2.45, 2.75) is 55.4 Å². The molecule has 3 heterocycles. The Morgan fingerprint density at radius 1 is 0.735 bits per heavy atom. The molecule has 1 aromatic carbocycles. The first kappa shape index (κ1) is 24.6. The van der Waals surface area contributed by atoms with Crippen LogP contribution in [0.3, 0.4) is 0 Å². The van der Waals surface area contributed by atoms with E-state index < -0.39 is 0 Å². The first-order chi connectivity index (χ1) is 16.0. The van der Waals surface area contributed by atoms with Crippen LogP contribution in [0.15, 0.2) is 42.1 Å². The minimum atomic E-state index is 0.0409. The molecule has 176 valence electrons. The zero-order valence-electron chi connectivity index (χ0n) is 21.1. The third-order valence-corrected chi connectivity index (χ3v) is 9.05. The largest absolute Gasteiger partial charge is 0.359 e. The van der Waals surface area contributed by atoms with Crippen LogP contribution < -0.4 is 5.32 Å². The van der Waals surface area contributed by atoms with Crippen molar-refractivity contribution in [3.05, 3.63) is 83.2 Å². The Kier molecular flexibility index (Phi) is 6.99. The van der Waals surface area contributed by atoms with Gasteiger partial charge in [0.25, 0.3) is 0 Å². The fourth-order valence-electron chi connectivity index (χ4n) is 4.55. The Bertz CT molecular complexity index is 1340. The normalized spacial score (nSPS) is 11.8. The van der Waals surface area contributed by atoms with Crippen molar-refractivity contribution < 1.29 is 4.79 Å². The lowest BCUT2D eigenvalue weighted by molar-refractivity contribution is 0.105. The summed E-state index contributed by atoms with van der Waals surface area (Å²) < 4.78 is 0. The van der Waals surface area contributed by atoms with Gasteiger partial charge in [-0.15, -0.1) is 34.0 Å². The predicted molar refractivity (Wildman–Crippen MR) is 152 cm³/mol. The van der Waals surface area contributed by atoms with E-state index in [1.54, 1.807) is 17.4 Å². The maximum absolute atomic E-state index is 13.4. The lowest BCUT2D eigenvalue weighted by atomic mass is 10.0. The molecule has 2 nitrogen and oxygen atoms in total. The summed E-state index contributed by atoms with van der Waals surface area (Å²) >= 11 is 5.23.